The molecule has 0 rings (SSSR count). The zero-order valence-corrected chi connectivity index (χ0v) is 3.44. The van der Waals surface area contributed by atoms with Crippen LogP contribution in [0.2, 0.25) is 0 Å². The van der Waals surface area contributed by atoms with Crippen LogP contribution < -0.4 is 5.25 Å². The molecular weight excluding hydrogens is 186 g/mol. The molecule has 4 N–H and O–H groups in total. The van der Waals surface area contributed by atoms with Gasteiger partial charge < -0.3 is 5.48 Å². The average molecular weight is 194 g/mol. The zero-order valence-electron chi connectivity index (χ0n) is 1.86. The van der Waals surface area contributed by atoms with Gasteiger partial charge in [-0.2, -0.15) is 0 Å². The molecule has 0 aromatic heterocycles. The molecule has 0 amide bonds. The van der Waals surface area contributed by atoms with Gasteiger partial charge in [0.15, 0.2) is 0 Å². The fourth-order valence-corrected chi connectivity index (χ4v) is 0. The summed E-state index contributed by atoms with van der Waals surface area (Å²) in [6, 6.07) is 0. The summed E-state index contributed by atoms with van der Waals surface area (Å²) >= 11 is 4.14. The third kappa shape index (κ3) is 39.2. The van der Waals surface area contributed by atoms with Crippen LogP contribution in [0.1, 0.15) is 0 Å². The van der Waals surface area contributed by atoms with E-state index >= 15 is 0 Å². The summed E-state index contributed by atoms with van der Waals surface area (Å²) in [6.07, 6.45) is 0. The molecule has 0 bridgehead atoms. The fraction of sp³-hybridized carbons (Fsp3) is 0. The number of nitrogens with two attached hydrogens (primary N) is 1. The van der Waals surface area contributed by atoms with Crippen LogP contribution in [0.5, 0.6) is 0 Å². The molecule has 0 unspecified atom stereocenters. The molecule has 0 spiro atoms. The molecule has 7 heavy (non-hydrogen) atoms. The van der Waals surface area contributed by atoms with E-state index in [4.69, 9.17) is 0 Å². The van der Waals surface area contributed by atoms with E-state index in [0.717, 1.165) is 0 Å². The number of halogens is 2. The molecule has 0 aromatic carbocycles. The van der Waals surface area contributed by atoms with E-state index in [0.29, 0.717) is 0 Å². The van der Waals surface area contributed by atoms with Gasteiger partial charge in [0, 0.05) is 0 Å². The first-order valence-corrected chi connectivity index (χ1v) is 0.655. The van der Waals surface area contributed by atoms with Crippen molar-refractivity contribution in [2.75, 3.05) is 0 Å². The molecule has 0 aromatic rings. The van der Waals surface area contributed by atoms with Crippen LogP contribution in [0.3, 0.4) is 0 Å². The maximum atomic E-state index is 4.14. The van der Waals surface area contributed by atoms with Gasteiger partial charge in [-0.3, -0.25) is 0 Å². The second kappa shape index (κ2) is 49.5. The molecular formula is H8Cl2KNNa2O. The normalized spacial score (nSPS) is 0.857. The van der Waals surface area contributed by atoms with E-state index in [2.05, 4.69) is 17.0 Å². The van der Waals surface area contributed by atoms with Gasteiger partial charge in [-0.1, -0.05) is 0 Å². The first-order chi connectivity index (χ1) is 1.00. The first-order valence-electron chi connectivity index (χ1n) is 0.218. The minimum absolute atomic E-state index is 0. The molecule has 0 atom stereocenters. The second-order valence-electron chi connectivity index (χ2n) is 0. The molecule has 0 saturated heterocycles. The van der Waals surface area contributed by atoms with Crippen LogP contribution in [0.25, 0.3) is 0 Å². The summed E-state index contributed by atoms with van der Waals surface area (Å²) in [4.78, 5) is 0. The van der Waals surface area contributed by atoms with Crippen molar-refractivity contribution in [1.82, 2.24) is 0 Å². The van der Waals surface area contributed by atoms with E-state index < -0.39 is 0 Å². The van der Waals surface area contributed by atoms with Crippen molar-refractivity contribution in [3.63, 3.8) is 0 Å². The van der Waals surface area contributed by atoms with Gasteiger partial charge in [0.1, 0.15) is 0 Å². The SMILES string of the molecule is Cl.NCl.O.[KH].[NaH].[NaH]. The Kier molecular flexibility index (Phi) is 306. The topological polar surface area (TPSA) is 57.5 Å². The summed E-state index contributed by atoms with van der Waals surface area (Å²) < 4.78 is 0. The Morgan fingerprint density at radius 1 is 1.00 bits per heavy atom. The monoisotopic (exact) mass is 193 g/mol. The van der Waals surface area contributed by atoms with Crippen molar-refractivity contribution in [1.29, 1.82) is 0 Å². The van der Waals surface area contributed by atoms with Gasteiger partial charge in [0.2, 0.25) is 0 Å². The predicted octanol–water partition coefficient (Wildman–Crippen LogP) is -2.25. The van der Waals surface area contributed by atoms with Crippen LogP contribution in [-0.4, -0.2) is 116 Å². The van der Waals surface area contributed by atoms with Crippen molar-refractivity contribution in [2.24, 2.45) is 5.25 Å². The van der Waals surface area contributed by atoms with Crippen LogP contribution >= 0.6 is 24.2 Å². The number of hydrogen-bond acceptors (Lipinski definition) is 1. The Balaban J connectivity index is -0.000000000500. The van der Waals surface area contributed by atoms with E-state index in [9.17, 15) is 0 Å². The summed E-state index contributed by atoms with van der Waals surface area (Å²) in [6.45, 7) is 0. The van der Waals surface area contributed by atoms with Crippen LogP contribution in [0, 0.1) is 0 Å². The molecule has 36 valence electrons. The molecule has 0 radical (unpaired) electrons. The predicted molar refractivity (Wildman–Crippen MR) is 42.3 cm³/mol. The molecule has 0 aliphatic carbocycles. The fourth-order valence-electron chi connectivity index (χ4n) is 0. The third-order valence-electron chi connectivity index (χ3n) is 0. The Morgan fingerprint density at radius 3 is 1.00 bits per heavy atom. The molecule has 0 fully saturated rings. The van der Waals surface area contributed by atoms with E-state index in [1.54, 1.807) is 0 Å². The maximum absolute atomic E-state index is 4.14. The minimum atomic E-state index is 0. The molecule has 0 heterocycles. The molecule has 0 aliphatic heterocycles. The molecule has 2 nitrogen and oxygen atoms in total. The van der Waals surface area contributed by atoms with Gasteiger partial charge in [-0.25, -0.2) is 5.25 Å². The van der Waals surface area contributed by atoms with Crippen molar-refractivity contribution >= 4 is 135 Å². The van der Waals surface area contributed by atoms with Gasteiger partial charge in [0.25, 0.3) is 0 Å². The Labute approximate surface area is 142 Å². The molecule has 7 heteroatoms. The van der Waals surface area contributed by atoms with E-state index in [-0.39, 0.29) is 128 Å². The Bertz CT molecular complexity index is 15.7. The summed E-state index contributed by atoms with van der Waals surface area (Å²) in [5, 5.41) is 3.97. The summed E-state index contributed by atoms with van der Waals surface area (Å²) in [5.74, 6) is 0. The van der Waals surface area contributed by atoms with Gasteiger partial charge in [0.05, 0.1) is 0 Å². The van der Waals surface area contributed by atoms with Crippen LogP contribution in [0.15, 0.2) is 0 Å². The average Bonchev–Trinajstić information content (AvgIpc) is 1.00. The van der Waals surface area contributed by atoms with Crippen molar-refractivity contribution in [3.05, 3.63) is 0 Å². The summed E-state index contributed by atoms with van der Waals surface area (Å²) in [7, 11) is 0. The van der Waals surface area contributed by atoms with Crippen LogP contribution in [0.4, 0.5) is 0 Å². The summed E-state index contributed by atoms with van der Waals surface area (Å²) in [5.41, 5.74) is 0. The van der Waals surface area contributed by atoms with E-state index in [1.807, 2.05) is 0 Å². The quantitative estimate of drug-likeness (QED) is 0.343. The number of rotatable bonds is 0. The van der Waals surface area contributed by atoms with Gasteiger partial charge in [-0.05, 0) is 11.8 Å². The molecule has 0 saturated carbocycles. The van der Waals surface area contributed by atoms with E-state index in [1.165, 1.54) is 0 Å². The van der Waals surface area contributed by atoms with Gasteiger partial charge in [-0.15, -0.1) is 12.4 Å². The zero-order chi connectivity index (χ0) is 2.00. The Morgan fingerprint density at radius 2 is 1.00 bits per heavy atom. The van der Waals surface area contributed by atoms with Crippen LogP contribution in [-0.2, 0) is 0 Å². The standard InChI is InChI=1S/ClH2N.ClH.K.2Na.H2O.3H/c1-2;;;;;;;;/h2H2;1H;;;;1H2;;;. The van der Waals surface area contributed by atoms with Crippen molar-refractivity contribution in [2.45, 2.75) is 0 Å². The number of hydrogen-bond donors (Lipinski definition) is 1. The van der Waals surface area contributed by atoms with Crippen molar-refractivity contribution in [3.8, 4) is 0 Å². The molecule has 0 aliphatic rings. The third-order valence-corrected chi connectivity index (χ3v) is 0. The van der Waals surface area contributed by atoms with Gasteiger partial charge >= 0.3 is 110 Å². The second-order valence-corrected chi connectivity index (χ2v) is 0. The van der Waals surface area contributed by atoms with Crippen molar-refractivity contribution < 1.29 is 5.48 Å². The first kappa shape index (κ1) is 43.4. The Hall–Kier alpha value is 4.14.